The first-order valence-corrected chi connectivity index (χ1v) is 8.37. The maximum atomic E-state index is 12.2. The Morgan fingerprint density at radius 2 is 1.85 bits per heavy atom. The minimum Gasteiger partial charge on any atom is -0.495 e. The Balaban J connectivity index is 1.86. The van der Waals surface area contributed by atoms with Gasteiger partial charge in [-0.25, -0.2) is 4.79 Å². The predicted octanol–water partition coefficient (Wildman–Crippen LogP) is 3.95. The SMILES string of the molecule is COc1ccccc1NC(=O)[C@@H](C)OC(=O)COc1ccc(Cl)cc1Cl. The zero-order valence-electron chi connectivity index (χ0n) is 14.1. The van der Waals surface area contributed by atoms with Crippen molar-refractivity contribution in [2.45, 2.75) is 13.0 Å². The molecule has 138 valence electrons. The van der Waals surface area contributed by atoms with Crippen LogP contribution in [0.4, 0.5) is 5.69 Å². The molecule has 1 N–H and O–H groups in total. The number of amides is 1. The van der Waals surface area contributed by atoms with Gasteiger partial charge in [0.15, 0.2) is 12.7 Å². The topological polar surface area (TPSA) is 73.9 Å². The molecule has 0 aliphatic rings. The van der Waals surface area contributed by atoms with E-state index in [1.807, 2.05) is 0 Å². The number of hydrogen-bond acceptors (Lipinski definition) is 5. The predicted molar refractivity (Wildman–Crippen MR) is 99.1 cm³/mol. The van der Waals surface area contributed by atoms with Gasteiger partial charge in [-0.05, 0) is 37.3 Å². The van der Waals surface area contributed by atoms with Crippen LogP contribution in [0.3, 0.4) is 0 Å². The van der Waals surface area contributed by atoms with Crippen molar-refractivity contribution in [3.05, 3.63) is 52.5 Å². The summed E-state index contributed by atoms with van der Waals surface area (Å²) in [5.41, 5.74) is 0.479. The van der Waals surface area contributed by atoms with E-state index in [0.717, 1.165) is 0 Å². The number of benzene rings is 2. The largest absolute Gasteiger partial charge is 0.495 e. The van der Waals surface area contributed by atoms with Crippen molar-refractivity contribution < 1.29 is 23.8 Å². The van der Waals surface area contributed by atoms with Crippen molar-refractivity contribution in [1.82, 2.24) is 0 Å². The van der Waals surface area contributed by atoms with E-state index >= 15 is 0 Å². The van der Waals surface area contributed by atoms with Gasteiger partial charge in [0, 0.05) is 5.02 Å². The molecule has 0 aliphatic carbocycles. The minimum atomic E-state index is -1.02. The average molecular weight is 398 g/mol. The molecule has 26 heavy (non-hydrogen) atoms. The highest BCUT2D eigenvalue weighted by Gasteiger charge is 2.19. The summed E-state index contributed by atoms with van der Waals surface area (Å²) in [6.45, 7) is 1.06. The number of anilines is 1. The van der Waals surface area contributed by atoms with Gasteiger partial charge in [0.1, 0.15) is 11.5 Å². The Labute approximate surface area is 160 Å². The fourth-order valence-corrected chi connectivity index (χ4v) is 2.46. The maximum Gasteiger partial charge on any atom is 0.344 e. The highest BCUT2D eigenvalue weighted by molar-refractivity contribution is 6.35. The van der Waals surface area contributed by atoms with Gasteiger partial charge < -0.3 is 19.5 Å². The normalized spacial score (nSPS) is 11.4. The minimum absolute atomic E-state index is 0.271. The van der Waals surface area contributed by atoms with Crippen LogP contribution in [0.25, 0.3) is 0 Å². The lowest BCUT2D eigenvalue weighted by atomic mass is 10.2. The van der Waals surface area contributed by atoms with Crippen LogP contribution >= 0.6 is 23.2 Å². The van der Waals surface area contributed by atoms with Gasteiger partial charge in [0.2, 0.25) is 0 Å². The van der Waals surface area contributed by atoms with E-state index in [4.69, 9.17) is 37.4 Å². The summed E-state index contributed by atoms with van der Waals surface area (Å²) < 4.78 is 15.5. The van der Waals surface area contributed by atoms with E-state index < -0.39 is 24.6 Å². The highest BCUT2D eigenvalue weighted by atomic mass is 35.5. The number of methoxy groups -OCH3 is 1. The van der Waals surface area contributed by atoms with Crippen molar-refractivity contribution in [3.63, 3.8) is 0 Å². The number of hydrogen-bond donors (Lipinski definition) is 1. The van der Waals surface area contributed by atoms with Gasteiger partial charge in [-0.3, -0.25) is 4.79 Å². The Morgan fingerprint density at radius 3 is 2.54 bits per heavy atom. The number of nitrogens with one attached hydrogen (secondary N) is 1. The monoisotopic (exact) mass is 397 g/mol. The van der Waals surface area contributed by atoms with E-state index in [2.05, 4.69) is 5.32 Å². The van der Waals surface area contributed by atoms with Gasteiger partial charge in [-0.15, -0.1) is 0 Å². The molecule has 1 atom stereocenters. The second kappa shape index (κ2) is 9.31. The molecule has 0 fully saturated rings. The maximum absolute atomic E-state index is 12.2. The van der Waals surface area contributed by atoms with Crippen LogP contribution in [0.5, 0.6) is 11.5 Å². The lowest BCUT2D eigenvalue weighted by Crippen LogP contribution is -2.31. The molecule has 0 saturated carbocycles. The fraction of sp³-hybridized carbons (Fsp3) is 0.222. The number of carbonyl (C=O) groups excluding carboxylic acids is 2. The van der Waals surface area contributed by atoms with Crippen LogP contribution in [0.15, 0.2) is 42.5 Å². The smallest absolute Gasteiger partial charge is 0.344 e. The molecule has 0 saturated heterocycles. The lowest BCUT2D eigenvalue weighted by Gasteiger charge is -2.15. The number of para-hydroxylation sites is 2. The second-order valence-electron chi connectivity index (χ2n) is 5.19. The number of halogens is 2. The molecule has 0 unspecified atom stereocenters. The van der Waals surface area contributed by atoms with Crippen LogP contribution in [0.1, 0.15) is 6.92 Å². The summed E-state index contributed by atoms with van der Waals surface area (Å²) >= 11 is 11.7. The third-order valence-corrected chi connectivity index (χ3v) is 3.81. The second-order valence-corrected chi connectivity index (χ2v) is 6.03. The van der Waals surface area contributed by atoms with Crippen molar-refractivity contribution in [2.24, 2.45) is 0 Å². The zero-order chi connectivity index (χ0) is 19.1. The quantitative estimate of drug-likeness (QED) is 0.715. The number of rotatable bonds is 7. The van der Waals surface area contributed by atoms with Gasteiger partial charge in [-0.1, -0.05) is 35.3 Å². The molecule has 0 aliphatic heterocycles. The Hall–Kier alpha value is -2.44. The van der Waals surface area contributed by atoms with Gasteiger partial charge in [0.05, 0.1) is 17.8 Å². The molecule has 0 spiro atoms. The average Bonchev–Trinajstić information content (AvgIpc) is 2.61. The highest BCUT2D eigenvalue weighted by Crippen LogP contribution is 2.27. The van der Waals surface area contributed by atoms with Crippen LogP contribution in [0.2, 0.25) is 10.0 Å². The molecular formula is C18H17Cl2NO5. The third-order valence-electron chi connectivity index (χ3n) is 3.28. The molecule has 0 aromatic heterocycles. The first-order chi connectivity index (χ1) is 12.4. The molecule has 2 aromatic rings. The van der Waals surface area contributed by atoms with Crippen LogP contribution in [0, 0.1) is 0 Å². The molecule has 0 heterocycles. The van der Waals surface area contributed by atoms with Gasteiger partial charge >= 0.3 is 5.97 Å². The Kier molecular flexibility index (Phi) is 7.12. The van der Waals surface area contributed by atoms with E-state index in [1.165, 1.54) is 26.2 Å². The first-order valence-electron chi connectivity index (χ1n) is 7.62. The molecule has 2 aromatic carbocycles. The van der Waals surface area contributed by atoms with Crippen molar-refractivity contribution in [2.75, 3.05) is 19.0 Å². The molecule has 8 heteroatoms. The van der Waals surface area contributed by atoms with E-state index in [1.54, 1.807) is 30.3 Å². The molecule has 0 bridgehead atoms. The van der Waals surface area contributed by atoms with Crippen molar-refractivity contribution >= 4 is 40.8 Å². The third kappa shape index (κ3) is 5.54. The molecule has 6 nitrogen and oxygen atoms in total. The van der Waals surface area contributed by atoms with Crippen LogP contribution in [-0.2, 0) is 14.3 Å². The summed E-state index contributed by atoms with van der Waals surface area (Å²) in [5, 5.41) is 3.36. The summed E-state index contributed by atoms with van der Waals surface area (Å²) in [7, 11) is 1.49. The number of ether oxygens (including phenoxy) is 3. The zero-order valence-corrected chi connectivity index (χ0v) is 15.6. The Morgan fingerprint density at radius 1 is 1.12 bits per heavy atom. The summed E-state index contributed by atoms with van der Waals surface area (Å²) in [6, 6.07) is 11.5. The van der Waals surface area contributed by atoms with Crippen LogP contribution in [-0.4, -0.2) is 31.7 Å². The lowest BCUT2D eigenvalue weighted by molar-refractivity contribution is -0.155. The molecule has 2 rings (SSSR count). The van der Waals surface area contributed by atoms with E-state index in [0.29, 0.717) is 22.2 Å². The Bertz CT molecular complexity index is 797. The molecular weight excluding hydrogens is 381 g/mol. The van der Waals surface area contributed by atoms with Gasteiger partial charge in [0.25, 0.3) is 5.91 Å². The van der Waals surface area contributed by atoms with Crippen molar-refractivity contribution in [3.8, 4) is 11.5 Å². The molecule has 1 amide bonds. The van der Waals surface area contributed by atoms with Crippen molar-refractivity contribution in [1.29, 1.82) is 0 Å². The van der Waals surface area contributed by atoms with E-state index in [-0.39, 0.29) is 5.02 Å². The fourth-order valence-electron chi connectivity index (χ4n) is 2.00. The number of esters is 1. The standard InChI is InChI=1S/C18H17Cl2NO5/c1-11(18(23)21-14-5-3-4-6-16(14)24-2)26-17(22)10-25-15-8-7-12(19)9-13(15)20/h3-9,11H,10H2,1-2H3,(H,21,23)/t11-/m1/s1. The van der Waals surface area contributed by atoms with Crippen LogP contribution < -0.4 is 14.8 Å². The van der Waals surface area contributed by atoms with E-state index in [9.17, 15) is 9.59 Å². The van der Waals surface area contributed by atoms with Gasteiger partial charge in [-0.2, -0.15) is 0 Å². The summed E-state index contributed by atoms with van der Waals surface area (Å²) in [6.07, 6.45) is -1.02. The number of carbonyl (C=O) groups is 2. The summed E-state index contributed by atoms with van der Waals surface area (Å²) in [4.78, 5) is 24.0. The molecule has 0 radical (unpaired) electrons. The first kappa shape index (κ1) is 19.9. The summed E-state index contributed by atoms with van der Waals surface area (Å²) in [5.74, 6) is -0.412.